The van der Waals surface area contributed by atoms with Crippen molar-refractivity contribution in [1.29, 1.82) is 0 Å². The van der Waals surface area contributed by atoms with Crippen LogP contribution >= 0.6 is 11.6 Å². The van der Waals surface area contributed by atoms with Gasteiger partial charge in [0, 0.05) is 22.4 Å². The van der Waals surface area contributed by atoms with E-state index < -0.39 is 29.2 Å². The smallest absolute Gasteiger partial charge is 0.341 e. The van der Waals surface area contributed by atoms with Gasteiger partial charge in [-0.2, -0.15) is 0 Å². The molecule has 3 rings (SSSR count). The zero-order chi connectivity index (χ0) is 22.4. The van der Waals surface area contributed by atoms with Gasteiger partial charge in [0.15, 0.2) is 0 Å². The number of fused-ring (bicyclic) bond motifs is 3. The number of nitrogens with one attached hydrogen (secondary N) is 1. The fourth-order valence-electron chi connectivity index (χ4n) is 3.14. The Morgan fingerprint density at radius 2 is 1.70 bits per heavy atom. The number of esters is 2. The lowest BCUT2D eigenvalue weighted by Gasteiger charge is -2.23. The molecule has 1 aromatic carbocycles. The SMILES string of the molecule is CC(C)(C)OC(=O)c1c(C(N)C(=O)OC(C)(C)C)[nH]c2c1ccc1cnc(Cl)cc12. The number of aromatic amines is 1. The van der Waals surface area contributed by atoms with Gasteiger partial charge in [0.2, 0.25) is 0 Å². The van der Waals surface area contributed by atoms with Crippen molar-refractivity contribution in [1.82, 2.24) is 9.97 Å². The van der Waals surface area contributed by atoms with Crippen LogP contribution in [0.25, 0.3) is 21.7 Å². The molecule has 8 heteroatoms. The van der Waals surface area contributed by atoms with Gasteiger partial charge in [-0.05, 0) is 47.6 Å². The van der Waals surface area contributed by atoms with E-state index in [2.05, 4.69) is 9.97 Å². The summed E-state index contributed by atoms with van der Waals surface area (Å²) in [5.41, 5.74) is 5.84. The second-order valence-corrected chi connectivity index (χ2v) is 9.53. The van der Waals surface area contributed by atoms with Crippen LogP contribution in [0.2, 0.25) is 5.15 Å². The molecule has 0 aliphatic heterocycles. The molecular weight excluding hydrogens is 406 g/mol. The lowest BCUT2D eigenvalue weighted by molar-refractivity contribution is -0.156. The molecule has 0 spiro atoms. The first-order chi connectivity index (χ1) is 13.8. The molecule has 2 heterocycles. The number of nitrogens with zero attached hydrogens (tertiary/aromatic N) is 1. The summed E-state index contributed by atoms with van der Waals surface area (Å²) in [6.07, 6.45) is 1.64. The van der Waals surface area contributed by atoms with Crippen LogP contribution in [0.1, 0.15) is 63.6 Å². The van der Waals surface area contributed by atoms with Crippen molar-refractivity contribution >= 4 is 45.2 Å². The van der Waals surface area contributed by atoms with Gasteiger partial charge < -0.3 is 20.2 Å². The number of benzene rings is 1. The number of pyridine rings is 1. The minimum atomic E-state index is -1.20. The molecule has 0 bridgehead atoms. The third-order valence-electron chi connectivity index (χ3n) is 4.24. The van der Waals surface area contributed by atoms with Gasteiger partial charge in [-0.3, -0.25) is 0 Å². The van der Waals surface area contributed by atoms with Gasteiger partial charge in [-0.15, -0.1) is 0 Å². The Hall–Kier alpha value is -2.64. The van der Waals surface area contributed by atoms with Crippen LogP contribution in [0.15, 0.2) is 24.4 Å². The summed E-state index contributed by atoms with van der Waals surface area (Å²) in [6, 6.07) is 4.09. The second-order valence-electron chi connectivity index (χ2n) is 9.14. The van der Waals surface area contributed by atoms with Gasteiger partial charge in [-0.25, -0.2) is 14.6 Å². The summed E-state index contributed by atoms with van der Waals surface area (Å²) in [5, 5.41) is 2.45. The number of aromatic nitrogens is 2. The number of rotatable bonds is 3. The van der Waals surface area contributed by atoms with E-state index in [1.165, 1.54) is 0 Å². The number of carbonyl (C=O) groups is 2. The Morgan fingerprint density at radius 3 is 2.30 bits per heavy atom. The Bertz CT molecular complexity index is 1140. The number of hydrogen-bond acceptors (Lipinski definition) is 6. The predicted molar refractivity (Wildman–Crippen MR) is 117 cm³/mol. The van der Waals surface area contributed by atoms with Gasteiger partial charge in [0.25, 0.3) is 0 Å². The zero-order valence-corrected chi connectivity index (χ0v) is 18.7. The Morgan fingerprint density at radius 1 is 1.07 bits per heavy atom. The Kier molecular flexibility index (Phi) is 5.56. The molecule has 0 amide bonds. The molecular formula is C22H26ClN3O4. The van der Waals surface area contributed by atoms with Gasteiger partial charge >= 0.3 is 11.9 Å². The van der Waals surface area contributed by atoms with Gasteiger partial charge in [-0.1, -0.05) is 23.7 Å². The van der Waals surface area contributed by atoms with Crippen molar-refractivity contribution < 1.29 is 19.1 Å². The van der Waals surface area contributed by atoms with E-state index in [9.17, 15) is 9.59 Å². The third kappa shape index (κ3) is 4.57. The highest BCUT2D eigenvalue weighted by molar-refractivity contribution is 6.30. The predicted octanol–water partition coefficient (Wildman–Crippen LogP) is 4.67. The van der Waals surface area contributed by atoms with Crippen molar-refractivity contribution in [3.63, 3.8) is 0 Å². The van der Waals surface area contributed by atoms with E-state index in [1.54, 1.807) is 59.9 Å². The molecule has 7 nitrogen and oxygen atoms in total. The monoisotopic (exact) mass is 431 g/mol. The average Bonchev–Trinajstić information content (AvgIpc) is 2.98. The maximum Gasteiger partial charge on any atom is 0.341 e. The average molecular weight is 432 g/mol. The molecule has 3 aromatic rings. The molecule has 0 aliphatic carbocycles. The fraction of sp³-hybridized carbons (Fsp3) is 0.409. The highest BCUT2D eigenvalue weighted by Gasteiger charge is 2.32. The second kappa shape index (κ2) is 7.56. The molecule has 30 heavy (non-hydrogen) atoms. The van der Waals surface area contributed by atoms with Crippen LogP contribution in [0, 0.1) is 0 Å². The Labute approximate surface area is 179 Å². The molecule has 0 fully saturated rings. The van der Waals surface area contributed by atoms with Gasteiger partial charge in [0.05, 0.1) is 16.8 Å². The van der Waals surface area contributed by atoms with E-state index in [-0.39, 0.29) is 11.3 Å². The highest BCUT2D eigenvalue weighted by atomic mass is 35.5. The van der Waals surface area contributed by atoms with Crippen molar-refractivity contribution in [2.24, 2.45) is 5.73 Å². The first-order valence-corrected chi connectivity index (χ1v) is 9.96. The first-order valence-electron chi connectivity index (χ1n) is 9.58. The number of ether oxygens (including phenoxy) is 2. The molecule has 0 radical (unpaired) electrons. The van der Waals surface area contributed by atoms with E-state index in [4.69, 9.17) is 26.8 Å². The topological polar surface area (TPSA) is 107 Å². The minimum Gasteiger partial charge on any atom is -0.459 e. The van der Waals surface area contributed by atoms with Gasteiger partial charge in [0.1, 0.15) is 22.4 Å². The van der Waals surface area contributed by atoms with Crippen LogP contribution in [-0.2, 0) is 14.3 Å². The maximum atomic E-state index is 13.1. The summed E-state index contributed by atoms with van der Waals surface area (Å²) in [4.78, 5) is 33.0. The van der Waals surface area contributed by atoms with Crippen LogP contribution in [0.3, 0.4) is 0 Å². The van der Waals surface area contributed by atoms with Crippen molar-refractivity contribution in [3.05, 3.63) is 40.8 Å². The van der Waals surface area contributed by atoms with Crippen molar-refractivity contribution in [3.8, 4) is 0 Å². The van der Waals surface area contributed by atoms with Crippen molar-refractivity contribution in [2.45, 2.75) is 58.8 Å². The molecule has 0 aliphatic rings. The first kappa shape index (κ1) is 22.1. The lowest BCUT2D eigenvalue weighted by atomic mass is 10.0. The fourth-order valence-corrected chi connectivity index (χ4v) is 3.30. The number of halogens is 1. The highest BCUT2D eigenvalue weighted by Crippen LogP contribution is 2.34. The van der Waals surface area contributed by atoms with E-state index in [0.717, 1.165) is 10.8 Å². The molecule has 1 unspecified atom stereocenters. The van der Waals surface area contributed by atoms with E-state index in [0.29, 0.717) is 16.1 Å². The zero-order valence-electron chi connectivity index (χ0n) is 17.9. The normalized spacial score (nSPS) is 13.5. The third-order valence-corrected chi connectivity index (χ3v) is 4.45. The molecule has 2 aromatic heterocycles. The maximum absolute atomic E-state index is 13.1. The molecule has 0 saturated heterocycles. The van der Waals surface area contributed by atoms with E-state index >= 15 is 0 Å². The minimum absolute atomic E-state index is 0.202. The van der Waals surface area contributed by atoms with Crippen LogP contribution in [0.4, 0.5) is 0 Å². The summed E-state index contributed by atoms with van der Waals surface area (Å²) in [7, 11) is 0. The van der Waals surface area contributed by atoms with Crippen LogP contribution < -0.4 is 5.73 Å². The standard InChI is InChI=1S/C22H26ClN3O4/c1-21(2,3)29-19(27)15-12-8-7-11-10-25-14(23)9-13(11)17(12)26-18(15)16(24)20(28)30-22(4,5)6/h7-10,16,26H,24H2,1-6H3. The van der Waals surface area contributed by atoms with E-state index in [1.807, 2.05) is 6.07 Å². The summed E-state index contributed by atoms with van der Waals surface area (Å²) >= 11 is 6.09. The van der Waals surface area contributed by atoms with Crippen LogP contribution in [-0.4, -0.2) is 33.1 Å². The number of nitrogens with two attached hydrogens (primary N) is 1. The Balaban J connectivity index is 2.24. The number of H-pyrrole nitrogens is 1. The largest absolute Gasteiger partial charge is 0.459 e. The summed E-state index contributed by atoms with van der Waals surface area (Å²) < 4.78 is 11.0. The molecule has 160 valence electrons. The molecule has 3 N–H and O–H groups in total. The molecule has 0 saturated carbocycles. The summed E-state index contributed by atoms with van der Waals surface area (Å²) in [5.74, 6) is -1.23. The number of hydrogen-bond donors (Lipinski definition) is 2. The summed E-state index contributed by atoms with van der Waals surface area (Å²) in [6.45, 7) is 10.6. The number of carbonyl (C=O) groups excluding carboxylic acids is 2. The molecule has 1 atom stereocenters. The quantitative estimate of drug-likeness (QED) is 0.461. The van der Waals surface area contributed by atoms with Crippen LogP contribution in [0.5, 0.6) is 0 Å². The van der Waals surface area contributed by atoms with Crippen molar-refractivity contribution in [2.75, 3.05) is 0 Å². The lowest BCUT2D eigenvalue weighted by Crippen LogP contribution is -2.33.